The van der Waals surface area contributed by atoms with Crippen LogP contribution in [0, 0.1) is 0 Å². The Morgan fingerprint density at radius 2 is 2.08 bits per heavy atom. The molecule has 13 heavy (non-hydrogen) atoms. The summed E-state index contributed by atoms with van der Waals surface area (Å²) in [6.45, 7) is 0. The van der Waals surface area contributed by atoms with Crippen molar-refractivity contribution >= 4 is 18.0 Å². The summed E-state index contributed by atoms with van der Waals surface area (Å²) in [5, 5.41) is 8.37. The number of aliphatic carboxylic acids is 1. The maximum absolute atomic E-state index is 11.0. The Balaban J connectivity index is 3.61. The van der Waals surface area contributed by atoms with Crippen LogP contribution in [0.5, 0.6) is 0 Å². The van der Waals surface area contributed by atoms with Crippen LogP contribution in [0.15, 0.2) is 0 Å². The van der Waals surface area contributed by atoms with E-state index in [1.807, 2.05) is 0 Å². The van der Waals surface area contributed by atoms with Gasteiger partial charge in [-0.3, -0.25) is 9.59 Å². The van der Waals surface area contributed by atoms with Gasteiger partial charge in [0, 0.05) is 19.3 Å². The molecule has 3 N–H and O–H groups in total. The van der Waals surface area contributed by atoms with Crippen LogP contribution in [0.1, 0.15) is 25.7 Å². The highest BCUT2D eigenvalue weighted by Crippen LogP contribution is 1.99. The van der Waals surface area contributed by atoms with Crippen molar-refractivity contribution in [2.24, 2.45) is 5.73 Å². The predicted octanol–water partition coefficient (Wildman–Crippen LogP) is -0.273. The minimum absolute atomic E-state index is 0.159. The molecule has 0 unspecified atom stereocenters. The molecule has 0 aliphatic rings. The third-order valence-electron chi connectivity index (χ3n) is 1.54. The van der Waals surface area contributed by atoms with Gasteiger partial charge in [0.15, 0.2) is 0 Å². The van der Waals surface area contributed by atoms with E-state index in [0.717, 1.165) is 6.29 Å². The van der Waals surface area contributed by atoms with Crippen molar-refractivity contribution in [2.45, 2.75) is 31.7 Å². The molecule has 1 atom stereocenters. The van der Waals surface area contributed by atoms with Crippen molar-refractivity contribution in [1.29, 1.82) is 0 Å². The lowest BCUT2D eigenvalue weighted by molar-refractivity contribution is -0.140. The highest BCUT2D eigenvalue weighted by molar-refractivity contribution is 5.85. The van der Waals surface area contributed by atoms with E-state index < -0.39 is 12.0 Å². The quantitative estimate of drug-likeness (QED) is 0.422. The van der Waals surface area contributed by atoms with Crippen LogP contribution in [0.25, 0.3) is 0 Å². The number of hydrogen-bond acceptors (Lipinski definition) is 4. The van der Waals surface area contributed by atoms with Gasteiger partial charge in [0.2, 0.25) is 0 Å². The number of aldehydes is 1. The van der Waals surface area contributed by atoms with E-state index in [1.54, 1.807) is 0 Å². The van der Waals surface area contributed by atoms with Crippen LogP contribution in [0.4, 0.5) is 0 Å². The second-order valence-electron chi connectivity index (χ2n) is 2.75. The zero-order valence-corrected chi connectivity index (χ0v) is 7.23. The molecule has 0 bridgehead atoms. The summed E-state index contributed by atoms with van der Waals surface area (Å²) in [5.41, 5.74) is 5.13. The highest BCUT2D eigenvalue weighted by Gasteiger charge is 2.15. The maximum Gasteiger partial charge on any atom is 0.320 e. The first-order chi connectivity index (χ1) is 6.07. The summed E-state index contributed by atoms with van der Waals surface area (Å²) in [7, 11) is 0. The van der Waals surface area contributed by atoms with Gasteiger partial charge >= 0.3 is 5.97 Å². The number of carbonyl (C=O) groups excluding carboxylic acids is 2. The van der Waals surface area contributed by atoms with Gasteiger partial charge in [-0.1, -0.05) is 0 Å². The molecule has 5 heteroatoms. The van der Waals surface area contributed by atoms with Gasteiger partial charge in [-0.2, -0.15) is 0 Å². The molecular weight excluding hydrogens is 174 g/mol. The minimum Gasteiger partial charge on any atom is -0.480 e. The number of nitrogens with two attached hydrogens (primary N) is 1. The Kier molecular flexibility index (Phi) is 5.71. The topological polar surface area (TPSA) is 97.5 Å². The highest BCUT2D eigenvalue weighted by atomic mass is 16.4. The molecule has 0 aliphatic carbocycles. The molecule has 0 saturated heterocycles. The van der Waals surface area contributed by atoms with Crippen LogP contribution in [0.2, 0.25) is 0 Å². The first-order valence-electron chi connectivity index (χ1n) is 4.01. The van der Waals surface area contributed by atoms with Crippen molar-refractivity contribution in [3.05, 3.63) is 0 Å². The van der Waals surface area contributed by atoms with Crippen LogP contribution in [-0.2, 0) is 14.4 Å². The summed E-state index contributed by atoms with van der Waals surface area (Å²) >= 11 is 0. The van der Waals surface area contributed by atoms with Crippen molar-refractivity contribution in [2.75, 3.05) is 0 Å². The largest absolute Gasteiger partial charge is 0.480 e. The molecule has 0 aliphatic heterocycles. The first kappa shape index (κ1) is 11.8. The Labute approximate surface area is 75.9 Å². The summed E-state index contributed by atoms with van der Waals surface area (Å²) < 4.78 is 0. The van der Waals surface area contributed by atoms with Crippen molar-refractivity contribution in [3.8, 4) is 0 Å². The van der Waals surface area contributed by atoms with Gasteiger partial charge in [-0.05, 0) is 6.42 Å². The molecule has 74 valence electrons. The van der Waals surface area contributed by atoms with E-state index in [4.69, 9.17) is 10.8 Å². The van der Waals surface area contributed by atoms with Gasteiger partial charge in [0.25, 0.3) is 0 Å². The lowest BCUT2D eigenvalue weighted by atomic mass is 10.1. The predicted molar refractivity (Wildman–Crippen MR) is 45.2 cm³/mol. The fraction of sp³-hybridized carbons (Fsp3) is 0.625. The average Bonchev–Trinajstić information content (AvgIpc) is 2.04. The fourth-order valence-corrected chi connectivity index (χ4v) is 0.817. The molecule has 5 nitrogen and oxygen atoms in total. The van der Waals surface area contributed by atoms with E-state index >= 15 is 0 Å². The number of hydrogen-bond donors (Lipinski definition) is 2. The lowest BCUT2D eigenvalue weighted by Gasteiger charge is -2.03. The zero-order valence-electron chi connectivity index (χ0n) is 7.23. The fourth-order valence-electron chi connectivity index (χ4n) is 0.817. The Morgan fingerprint density at radius 3 is 2.54 bits per heavy atom. The van der Waals surface area contributed by atoms with Gasteiger partial charge in [0.05, 0.1) is 0 Å². The molecule has 0 fully saturated rings. The normalized spacial score (nSPS) is 12.1. The monoisotopic (exact) mass is 187 g/mol. The average molecular weight is 187 g/mol. The molecule has 0 aromatic carbocycles. The summed E-state index contributed by atoms with van der Waals surface area (Å²) in [5.74, 6) is -1.39. The molecule has 0 aromatic heterocycles. The van der Waals surface area contributed by atoms with Crippen molar-refractivity contribution < 1.29 is 19.5 Å². The molecule has 0 aromatic rings. The first-order valence-corrected chi connectivity index (χ1v) is 4.01. The van der Waals surface area contributed by atoms with Crippen molar-refractivity contribution in [1.82, 2.24) is 0 Å². The molecule has 0 heterocycles. The number of rotatable bonds is 7. The van der Waals surface area contributed by atoms with Crippen molar-refractivity contribution in [3.63, 3.8) is 0 Å². The van der Waals surface area contributed by atoms with E-state index in [2.05, 4.69) is 0 Å². The Hall–Kier alpha value is -1.23. The number of carbonyl (C=O) groups is 3. The van der Waals surface area contributed by atoms with Gasteiger partial charge in [-0.15, -0.1) is 0 Å². The van der Waals surface area contributed by atoms with Gasteiger partial charge < -0.3 is 15.6 Å². The zero-order chi connectivity index (χ0) is 10.3. The molecule has 0 saturated carbocycles. The van der Waals surface area contributed by atoms with Crippen LogP contribution < -0.4 is 5.73 Å². The minimum atomic E-state index is -1.18. The number of carboxylic acid groups (broad SMARTS) is 1. The van der Waals surface area contributed by atoms with E-state index in [9.17, 15) is 14.4 Å². The summed E-state index contributed by atoms with van der Waals surface area (Å²) in [6.07, 6.45) is 1.58. The molecule has 0 spiro atoms. The smallest absolute Gasteiger partial charge is 0.320 e. The van der Waals surface area contributed by atoms with Crippen LogP contribution in [-0.4, -0.2) is 29.2 Å². The van der Waals surface area contributed by atoms with Crippen LogP contribution >= 0.6 is 0 Å². The van der Waals surface area contributed by atoms with E-state index in [-0.39, 0.29) is 18.6 Å². The summed E-state index contributed by atoms with van der Waals surface area (Å²) in [4.78, 5) is 31.1. The number of carboxylic acids is 1. The number of Topliss-reactive ketones (excluding diaryl/α,β-unsaturated/α-hetero) is 1. The SMILES string of the molecule is N[C@@H](CC(=O)CCCC=O)C(=O)O. The van der Waals surface area contributed by atoms with E-state index in [0.29, 0.717) is 12.8 Å². The Morgan fingerprint density at radius 1 is 1.46 bits per heavy atom. The van der Waals surface area contributed by atoms with Gasteiger partial charge in [-0.25, -0.2) is 0 Å². The van der Waals surface area contributed by atoms with E-state index in [1.165, 1.54) is 0 Å². The molecule has 0 amide bonds. The second kappa shape index (κ2) is 6.30. The Bertz CT molecular complexity index is 202. The molecule has 0 rings (SSSR count). The number of ketones is 1. The van der Waals surface area contributed by atoms with Gasteiger partial charge in [0.1, 0.15) is 18.1 Å². The lowest BCUT2D eigenvalue weighted by Crippen LogP contribution is -2.32. The van der Waals surface area contributed by atoms with Crippen LogP contribution in [0.3, 0.4) is 0 Å². The number of unbranched alkanes of at least 4 members (excludes halogenated alkanes) is 1. The third kappa shape index (κ3) is 5.98. The summed E-state index contributed by atoms with van der Waals surface area (Å²) in [6, 6.07) is -1.12. The maximum atomic E-state index is 11.0. The third-order valence-corrected chi connectivity index (χ3v) is 1.54. The standard InChI is InChI=1S/C8H13NO4/c9-7(8(12)13)5-6(11)3-1-2-4-10/h4,7H,1-3,5,9H2,(H,12,13)/t7-/m0/s1. The molecular formula is C8H13NO4. The molecule has 0 radical (unpaired) electrons. The second-order valence-corrected chi connectivity index (χ2v) is 2.75.